The molecule has 3 rings (SSSR count). The minimum absolute atomic E-state index is 0.0281. The second-order valence-corrected chi connectivity index (χ2v) is 4.61. The summed E-state index contributed by atoms with van der Waals surface area (Å²) in [6, 6.07) is -0.948. The number of nitrogens with zero attached hydrogens (tertiary/aromatic N) is 3. The molecule has 1 fully saturated rings. The van der Waals surface area contributed by atoms with E-state index in [0.717, 1.165) is 4.90 Å². The van der Waals surface area contributed by atoms with Crippen molar-refractivity contribution in [3.8, 4) is 0 Å². The molecule has 1 N–H and O–H groups in total. The van der Waals surface area contributed by atoms with Gasteiger partial charge in [0.2, 0.25) is 17.7 Å². The number of imide groups is 2. The molecule has 0 spiro atoms. The van der Waals surface area contributed by atoms with Gasteiger partial charge in [-0.1, -0.05) is 13.8 Å². The number of amides is 4. The molecule has 1 unspecified atom stereocenters. The number of carbonyl (C=O) groups excluding carboxylic acids is 4. The van der Waals surface area contributed by atoms with Crippen LogP contribution in [0.2, 0.25) is 0 Å². The Bertz CT molecular complexity index is 643. The van der Waals surface area contributed by atoms with Crippen LogP contribution in [-0.4, -0.2) is 44.5 Å². The van der Waals surface area contributed by atoms with Crippen LogP contribution in [0.5, 0.6) is 0 Å². The van der Waals surface area contributed by atoms with Gasteiger partial charge in [0, 0.05) is 18.2 Å². The summed E-state index contributed by atoms with van der Waals surface area (Å²) in [7, 11) is 0. The van der Waals surface area contributed by atoms with Crippen LogP contribution in [0, 0.1) is 0 Å². The predicted molar refractivity (Wildman–Crippen MR) is 74.4 cm³/mol. The van der Waals surface area contributed by atoms with Crippen LogP contribution < -0.4 is 5.32 Å². The van der Waals surface area contributed by atoms with Gasteiger partial charge in [-0.25, -0.2) is 9.97 Å². The third-order valence-electron chi connectivity index (χ3n) is 3.34. The maximum Gasteiger partial charge on any atom is 0.280 e. The lowest BCUT2D eigenvalue weighted by atomic mass is 9.98. The minimum atomic E-state index is -0.948. The van der Waals surface area contributed by atoms with Gasteiger partial charge in [-0.2, -0.15) is 0 Å². The van der Waals surface area contributed by atoms with Crippen LogP contribution in [-0.2, 0) is 20.8 Å². The Hall–Kier alpha value is -2.64. The van der Waals surface area contributed by atoms with Crippen molar-refractivity contribution >= 4 is 23.6 Å². The molecule has 4 amide bonds. The smallest absolute Gasteiger partial charge is 0.280 e. The third kappa shape index (κ3) is 2.72. The van der Waals surface area contributed by atoms with Gasteiger partial charge in [0.05, 0.1) is 6.42 Å². The van der Waals surface area contributed by atoms with Gasteiger partial charge in [-0.15, -0.1) is 0 Å². The highest BCUT2D eigenvalue weighted by atomic mass is 16.2. The summed E-state index contributed by atoms with van der Waals surface area (Å²) in [5.74, 6) is -2.12. The second-order valence-electron chi connectivity index (χ2n) is 4.61. The largest absolute Gasteiger partial charge is 0.295 e. The van der Waals surface area contributed by atoms with Crippen molar-refractivity contribution in [1.82, 2.24) is 20.2 Å². The molecule has 0 aromatic carbocycles. The number of fused-ring (bicyclic) bond motifs is 1. The Balaban J connectivity index is 0.000000847. The molecule has 1 saturated heterocycles. The Kier molecular flexibility index (Phi) is 4.59. The number of nitrogens with one attached hydrogen (secondary N) is 1. The summed E-state index contributed by atoms with van der Waals surface area (Å²) in [5, 5.41) is 2.14. The standard InChI is InChI=1S/C12H10N4O4.C2H6/c17-8-2-1-7(11(19)15-8)16-9(18)3-6-4-13-5-14-10(6)12(16)20;1-2/h4-5,7H,1-3H2,(H,15,17,19);1-2H3. The van der Waals surface area contributed by atoms with Gasteiger partial charge >= 0.3 is 0 Å². The summed E-state index contributed by atoms with van der Waals surface area (Å²) in [6.45, 7) is 4.00. The Labute approximate surface area is 126 Å². The van der Waals surface area contributed by atoms with E-state index in [1.165, 1.54) is 12.5 Å². The van der Waals surface area contributed by atoms with Gasteiger partial charge in [-0.05, 0) is 6.42 Å². The van der Waals surface area contributed by atoms with E-state index in [9.17, 15) is 19.2 Å². The Morgan fingerprint density at radius 1 is 1.23 bits per heavy atom. The van der Waals surface area contributed by atoms with E-state index >= 15 is 0 Å². The highest BCUT2D eigenvalue weighted by molar-refractivity contribution is 6.12. The summed E-state index contributed by atoms with van der Waals surface area (Å²) in [6.07, 6.45) is 2.85. The first kappa shape index (κ1) is 15.7. The van der Waals surface area contributed by atoms with Gasteiger partial charge in [0.25, 0.3) is 5.91 Å². The van der Waals surface area contributed by atoms with Gasteiger partial charge in [0.1, 0.15) is 18.1 Å². The fourth-order valence-corrected chi connectivity index (χ4v) is 2.40. The van der Waals surface area contributed by atoms with E-state index in [4.69, 9.17) is 0 Å². The molecule has 1 atom stereocenters. The first-order valence-corrected chi connectivity index (χ1v) is 7.07. The van der Waals surface area contributed by atoms with Crippen LogP contribution in [0.25, 0.3) is 0 Å². The first-order valence-electron chi connectivity index (χ1n) is 7.07. The highest BCUT2D eigenvalue weighted by Crippen LogP contribution is 2.22. The zero-order valence-electron chi connectivity index (χ0n) is 12.3. The summed E-state index contributed by atoms with van der Waals surface area (Å²) in [4.78, 5) is 55.8. The van der Waals surface area contributed by atoms with Crippen LogP contribution >= 0.6 is 0 Å². The number of rotatable bonds is 1. The molecule has 8 nitrogen and oxygen atoms in total. The normalized spacial score (nSPS) is 20.8. The van der Waals surface area contributed by atoms with Crippen LogP contribution in [0.15, 0.2) is 12.5 Å². The minimum Gasteiger partial charge on any atom is -0.295 e. The van der Waals surface area contributed by atoms with Crippen molar-refractivity contribution in [2.75, 3.05) is 0 Å². The van der Waals surface area contributed by atoms with Crippen molar-refractivity contribution in [3.05, 3.63) is 23.8 Å². The number of aromatic nitrogens is 2. The second kappa shape index (κ2) is 6.42. The molecule has 22 heavy (non-hydrogen) atoms. The number of carbonyl (C=O) groups is 4. The summed E-state index contributed by atoms with van der Waals surface area (Å²) in [5.41, 5.74) is 0.579. The lowest BCUT2D eigenvalue weighted by Crippen LogP contribution is -2.58. The lowest BCUT2D eigenvalue weighted by molar-refractivity contribution is -0.143. The summed E-state index contributed by atoms with van der Waals surface area (Å²) >= 11 is 0. The SMILES string of the molecule is CC.O=C1CCC(N2C(=O)Cc3cncnc3C2=O)C(=O)N1. The molecule has 2 aliphatic rings. The maximum atomic E-state index is 12.3. The fraction of sp³-hybridized carbons (Fsp3) is 0.429. The van der Waals surface area contributed by atoms with Gasteiger partial charge in [0.15, 0.2) is 0 Å². The van der Waals surface area contributed by atoms with Crippen molar-refractivity contribution in [1.29, 1.82) is 0 Å². The molecule has 1 aromatic heterocycles. The first-order chi connectivity index (χ1) is 10.6. The van der Waals surface area contributed by atoms with Crippen LogP contribution in [0.1, 0.15) is 42.7 Å². The molecule has 2 aliphatic heterocycles. The maximum absolute atomic E-state index is 12.3. The van der Waals surface area contributed by atoms with Crippen molar-refractivity contribution in [2.45, 2.75) is 39.2 Å². The average molecular weight is 304 g/mol. The quantitative estimate of drug-likeness (QED) is 0.722. The fourth-order valence-electron chi connectivity index (χ4n) is 2.40. The third-order valence-corrected chi connectivity index (χ3v) is 3.34. The molecular formula is C14H16N4O4. The van der Waals surface area contributed by atoms with Crippen molar-refractivity contribution in [3.63, 3.8) is 0 Å². The predicted octanol–water partition coefficient (Wildman–Crippen LogP) is -0.167. The number of piperidine rings is 1. The monoisotopic (exact) mass is 304 g/mol. The van der Waals surface area contributed by atoms with Crippen LogP contribution in [0.3, 0.4) is 0 Å². The van der Waals surface area contributed by atoms with Gasteiger partial charge < -0.3 is 0 Å². The zero-order valence-corrected chi connectivity index (χ0v) is 12.3. The molecule has 0 bridgehead atoms. The molecule has 0 saturated carbocycles. The molecule has 0 aliphatic carbocycles. The topological polar surface area (TPSA) is 109 Å². The average Bonchev–Trinajstić information content (AvgIpc) is 2.51. The zero-order chi connectivity index (χ0) is 16.3. The van der Waals surface area contributed by atoms with E-state index in [1.54, 1.807) is 0 Å². The molecular weight excluding hydrogens is 288 g/mol. The lowest BCUT2D eigenvalue weighted by Gasteiger charge is -2.33. The van der Waals surface area contributed by atoms with E-state index < -0.39 is 29.7 Å². The molecule has 3 heterocycles. The van der Waals surface area contributed by atoms with Crippen molar-refractivity contribution in [2.24, 2.45) is 0 Å². The van der Waals surface area contributed by atoms with Crippen LogP contribution in [0.4, 0.5) is 0 Å². The number of hydrogen-bond donors (Lipinski definition) is 1. The van der Waals surface area contributed by atoms with E-state index in [-0.39, 0.29) is 25.0 Å². The molecule has 116 valence electrons. The number of hydrogen-bond acceptors (Lipinski definition) is 6. The molecule has 0 radical (unpaired) electrons. The Morgan fingerprint density at radius 2 is 1.95 bits per heavy atom. The molecule has 1 aromatic rings. The van der Waals surface area contributed by atoms with Gasteiger partial charge in [-0.3, -0.25) is 29.4 Å². The van der Waals surface area contributed by atoms with Crippen molar-refractivity contribution < 1.29 is 19.2 Å². The summed E-state index contributed by atoms with van der Waals surface area (Å²) < 4.78 is 0. The van der Waals surface area contributed by atoms with E-state index in [1.807, 2.05) is 13.8 Å². The van der Waals surface area contributed by atoms with E-state index in [0.29, 0.717) is 5.56 Å². The Morgan fingerprint density at radius 3 is 2.64 bits per heavy atom. The van der Waals surface area contributed by atoms with E-state index in [2.05, 4.69) is 15.3 Å². The highest BCUT2D eigenvalue weighted by Gasteiger charge is 2.42. The molecule has 8 heteroatoms.